The Bertz CT molecular complexity index is 542. The van der Waals surface area contributed by atoms with Crippen LogP contribution < -0.4 is 5.73 Å². The summed E-state index contributed by atoms with van der Waals surface area (Å²) in [6, 6.07) is 17.2. The first-order chi connectivity index (χ1) is 9.67. The number of hydrogen-bond donors (Lipinski definition) is 1. The molecule has 0 amide bonds. The van der Waals surface area contributed by atoms with E-state index in [9.17, 15) is 0 Å². The van der Waals surface area contributed by atoms with Gasteiger partial charge in [0.25, 0.3) is 0 Å². The molecule has 0 aromatic heterocycles. The SMILES string of the molecule is CCc1ccccc1C(N)c1ccc(C(C)CC)cc1. The fourth-order valence-electron chi connectivity index (χ4n) is 2.61. The third kappa shape index (κ3) is 3.10. The van der Waals surface area contributed by atoms with Gasteiger partial charge < -0.3 is 5.73 Å². The molecular weight excluding hydrogens is 242 g/mol. The predicted molar refractivity (Wildman–Crippen MR) is 87.0 cm³/mol. The molecule has 2 rings (SSSR count). The van der Waals surface area contributed by atoms with Gasteiger partial charge in [0.15, 0.2) is 0 Å². The average molecular weight is 267 g/mol. The minimum absolute atomic E-state index is 0.0304. The first-order valence-corrected chi connectivity index (χ1v) is 7.60. The van der Waals surface area contributed by atoms with Gasteiger partial charge >= 0.3 is 0 Å². The Kier molecular flexibility index (Phi) is 4.97. The van der Waals surface area contributed by atoms with Gasteiger partial charge in [-0.3, -0.25) is 0 Å². The van der Waals surface area contributed by atoms with Crippen LogP contribution in [0.25, 0.3) is 0 Å². The predicted octanol–water partition coefficient (Wildman–Crippen LogP) is 4.81. The zero-order valence-electron chi connectivity index (χ0n) is 12.8. The average Bonchev–Trinajstić information content (AvgIpc) is 2.53. The van der Waals surface area contributed by atoms with Crippen LogP contribution in [0.5, 0.6) is 0 Å². The molecular formula is C19H25N. The standard InChI is InChI=1S/C19H25N/c1-4-14(3)16-10-12-17(13-11-16)19(20)18-9-7-6-8-15(18)5-2/h6-14,19H,4-5,20H2,1-3H3. The molecule has 0 bridgehead atoms. The van der Waals surface area contributed by atoms with Crippen molar-refractivity contribution >= 4 is 0 Å². The molecule has 0 heterocycles. The second-order valence-electron chi connectivity index (χ2n) is 5.51. The second kappa shape index (κ2) is 6.71. The smallest absolute Gasteiger partial charge is 0.0554 e. The molecule has 1 nitrogen and oxygen atoms in total. The molecule has 1 heteroatoms. The van der Waals surface area contributed by atoms with Crippen molar-refractivity contribution in [1.82, 2.24) is 0 Å². The van der Waals surface area contributed by atoms with Crippen molar-refractivity contribution in [1.29, 1.82) is 0 Å². The molecule has 0 aliphatic rings. The van der Waals surface area contributed by atoms with E-state index in [0.717, 1.165) is 6.42 Å². The third-order valence-corrected chi connectivity index (χ3v) is 4.25. The number of nitrogens with two attached hydrogens (primary N) is 1. The van der Waals surface area contributed by atoms with Crippen molar-refractivity contribution in [2.24, 2.45) is 5.73 Å². The van der Waals surface area contributed by atoms with E-state index in [2.05, 4.69) is 69.3 Å². The van der Waals surface area contributed by atoms with E-state index < -0.39 is 0 Å². The van der Waals surface area contributed by atoms with Gasteiger partial charge in [0.05, 0.1) is 6.04 Å². The Balaban J connectivity index is 2.27. The molecule has 2 aromatic carbocycles. The zero-order chi connectivity index (χ0) is 14.5. The van der Waals surface area contributed by atoms with Crippen molar-refractivity contribution in [3.8, 4) is 0 Å². The van der Waals surface area contributed by atoms with Gasteiger partial charge in [-0.1, -0.05) is 69.3 Å². The van der Waals surface area contributed by atoms with E-state index in [-0.39, 0.29) is 6.04 Å². The summed E-state index contributed by atoms with van der Waals surface area (Å²) in [4.78, 5) is 0. The lowest BCUT2D eigenvalue weighted by molar-refractivity contribution is 0.732. The van der Waals surface area contributed by atoms with Crippen molar-refractivity contribution in [3.63, 3.8) is 0 Å². The fourth-order valence-corrected chi connectivity index (χ4v) is 2.61. The number of hydrogen-bond acceptors (Lipinski definition) is 1. The van der Waals surface area contributed by atoms with Crippen LogP contribution in [0.15, 0.2) is 48.5 Å². The Hall–Kier alpha value is -1.60. The van der Waals surface area contributed by atoms with Gasteiger partial charge in [-0.2, -0.15) is 0 Å². The summed E-state index contributed by atoms with van der Waals surface area (Å²) in [5.41, 5.74) is 11.6. The summed E-state index contributed by atoms with van der Waals surface area (Å²) in [6.45, 7) is 6.67. The first-order valence-electron chi connectivity index (χ1n) is 7.60. The molecule has 0 aliphatic heterocycles. The van der Waals surface area contributed by atoms with Gasteiger partial charge in [0.2, 0.25) is 0 Å². The van der Waals surface area contributed by atoms with Crippen molar-refractivity contribution in [3.05, 3.63) is 70.8 Å². The number of benzene rings is 2. The Morgan fingerprint density at radius 2 is 1.50 bits per heavy atom. The molecule has 0 fully saturated rings. The highest BCUT2D eigenvalue weighted by Crippen LogP contribution is 2.25. The summed E-state index contributed by atoms with van der Waals surface area (Å²) in [5, 5.41) is 0. The van der Waals surface area contributed by atoms with Crippen LogP contribution >= 0.6 is 0 Å². The quantitative estimate of drug-likeness (QED) is 0.826. The molecule has 2 aromatic rings. The minimum Gasteiger partial charge on any atom is -0.320 e. The van der Waals surface area contributed by atoms with Crippen LogP contribution in [0.3, 0.4) is 0 Å². The number of aryl methyl sites for hydroxylation is 1. The molecule has 0 aliphatic carbocycles. The van der Waals surface area contributed by atoms with Crippen molar-refractivity contribution in [2.45, 2.75) is 45.6 Å². The van der Waals surface area contributed by atoms with E-state index in [1.165, 1.54) is 28.7 Å². The van der Waals surface area contributed by atoms with E-state index >= 15 is 0 Å². The fraction of sp³-hybridized carbons (Fsp3) is 0.368. The van der Waals surface area contributed by atoms with Gasteiger partial charge in [-0.15, -0.1) is 0 Å². The monoisotopic (exact) mass is 267 g/mol. The van der Waals surface area contributed by atoms with Crippen LogP contribution in [-0.4, -0.2) is 0 Å². The molecule has 2 N–H and O–H groups in total. The molecule has 0 radical (unpaired) electrons. The Morgan fingerprint density at radius 1 is 0.900 bits per heavy atom. The largest absolute Gasteiger partial charge is 0.320 e. The van der Waals surface area contributed by atoms with Crippen molar-refractivity contribution in [2.75, 3.05) is 0 Å². The van der Waals surface area contributed by atoms with Crippen LogP contribution in [0, 0.1) is 0 Å². The summed E-state index contributed by atoms with van der Waals surface area (Å²) in [6.07, 6.45) is 2.19. The lowest BCUT2D eigenvalue weighted by Gasteiger charge is -2.17. The summed E-state index contributed by atoms with van der Waals surface area (Å²) in [5.74, 6) is 0.614. The van der Waals surface area contributed by atoms with E-state index in [0.29, 0.717) is 5.92 Å². The third-order valence-electron chi connectivity index (χ3n) is 4.25. The highest BCUT2D eigenvalue weighted by atomic mass is 14.6. The van der Waals surface area contributed by atoms with Gasteiger partial charge in [-0.25, -0.2) is 0 Å². The van der Waals surface area contributed by atoms with Crippen LogP contribution in [0.1, 0.15) is 61.4 Å². The lowest BCUT2D eigenvalue weighted by Crippen LogP contribution is -2.14. The highest BCUT2D eigenvalue weighted by Gasteiger charge is 2.12. The molecule has 2 atom stereocenters. The minimum atomic E-state index is -0.0304. The Morgan fingerprint density at radius 3 is 2.10 bits per heavy atom. The maximum atomic E-state index is 6.45. The topological polar surface area (TPSA) is 26.0 Å². The van der Waals surface area contributed by atoms with Crippen LogP contribution in [0.4, 0.5) is 0 Å². The summed E-state index contributed by atoms with van der Waals surface area (Å²) < 4.78 is 0. The zero-order valence-corrected chi connectivity index (χ0v) is 12.8. The van der Waals surface area contributed by atoms with E-state index in [1.807, 2.05) is 0 Å². The molecule has 0 saturated carbocycles. The van der Waals surface area contributed by atoms with E-state index in [4.69, 9.17) is 5.73 Å². The first kappa shape index (κ1) is 14.8. The lowest BCUT2D eigenvalue weighted by atomic mass is 9.91. The molecule has 106 valence electrons. The van der Waals surface area contributed by atoms with Gasteiger partial charge in [-0.05, 0) is 41.0 Å². The van der Waals surface area contributed by atoms with Crippen LogP contribution in [-0.2, 0) is 6.42 Å². The number of rotatable bonds is 5. The van der Waals surface area contributed by atoms with Gasteiger partial charge in [0.1, 0.15) is 0 Å². The highest BCUT2D eigenvalue weighted by molar-refractivity contribution is 5.38. The molecule has 20 heavy (non-hydrogen) atoms. The maximum absolute atomic E-state index is 6.45. The molecule has 0 spiro atoms. The van der Waals surface area contributed by atoms with Crippen molar-refractivity contribution < 1.29 is 0 Å². The summed E-state index contributed by atoms with van der Waals surface area (Å²) in [7, 11) is 0. The molecule has 2 unspecified atom stereocenters. The van der Waals surface area contributed by atoms with Crippen LogP contribution in [0.2, 0.25) is 0 Å². The second-order valence-corrected chi connectivity index (χ2v) is 5.51. The van der Waals surface area contributed by atoms with Gasteiger partial charge in [0, 0.05) is 0 Å². The summed E-state index contributed by atoms with van der Waals surface area (Å²) >= 11 is 0. The maximum Gasteiger partial charge on any atom is 0.0554 e. The molecule has 0 saturated heterocycles. The van der Waals surface area contributed by atoms with E-state index in [1.54, 1.807) is 0 Å². The normalized spacial score (nSPS) is 14.0. The Labute approximate surface area is 122 Å².